The summed E-state index contributed by atoms with van der Waals surface area (Å²) in [6.07, 6.45) is 4.77. The Labute approximate surface area is 115 Å². The van der Waals surface area contributed by atoms with Gasteiger partial charge in [0, 0.05) is 39.6 Å². The molecule has 5 nitrogen and oxygen atoms in total. The molecule has 19 heavy (non-hydrogen) atoms. The van der Waals surface area contributed by atoms with Crippen molar-refractivity contribution in [3.63, 3.8) is 0 Å². The number of rotatable bonds is 8. The first kappa shape index (κ1) is 16.0. The van der Waals surface area contributed by atoms with Crippen molar-refractivity contribution in [2.75, 3.05) is 26.2 Å². The lowest BCUT2D eigenvalue weighted by Gasteiger charge is -2.24. The molecule has 1 N–H and O–H groups in total. The zero-order chi connectivity index (χ0) is 14.1. The van der Waals surface area contributed by atoms with Crippen molar-refractivity contribution in [2.45, 2.75) is 52.1 Å². The van der Waals surface area contributed by atoms with Gasteiger partial charge in [0.25, 0.3) is 0 Å². The average Bonchev–Trinajstić information content (AvgIpc) is 2.87. The number of ether oxygens (including phenoxy) is 1. The van der Waals surface area contributed by atoms with Gasteiger partial charge in [0.05, 0.1) is 6.10 Å². The first-order chi connectivity index (χ1) is 9.13. The molecule has 1 aliphatic heterocycles. The molecule has 1 fully saturated rings. The summed E-state index contributed by atoms with van der Waals surface area (Å²) in [5.41, 5.74) is 0. The Morgan fingerprint density at radius 2 is 2.21 bits per heavy atom. The Bertz CT molecular complexity index is 288. The molecule has 1 aliphatic rings. The first-order valence-corrected chi connectivity index (χ1v) is 7.27. The normalized spacial score (nSPS) is 18.3. The Morgan fingerprint density at radius 3 is 2.79 bits per heavy atom. The third-order valence-electron chi connectivity index (χ3n) is 3.35. The summed E-state index contributed by atoms with van der Waals surface area (Å²) >= 11 is 0. The fourth-order valence-electron chi connectivity index (χ4n) is 2.17. The molecular formula is C14H26N2O3. The van der Waals surface area contributed by atoms with Crippen LogP contribution >= 0.6 is 0 Å². The van der Waals surface area contributed by atoms with Crippen LogP contribution in [0.3, 0.4) is 0 Å². The fourth-order valence-corrected chi connectivity index (χ4v) is 2.17. The average molecular weight is 270 g/mol. The number of nitrogens with one attached hydrogen (secondary N) is 1. The number of carbonyl (C=O) groups excluding carboxylic acids is 2. The molecule has 2 amide bonds. The zero-order valence-corrected chi connectivity index (χ0v) is 12.1. The van der Waals surface area contributed by atoms with E-state index in [-0.39, 0.29) is 17.9 Å². The van der Waals surface area contributed by atoms with E-state index in [1.54, 1.807) is 11.8 Å². The smallest absolute Gasteiger partial charge is 0.220 e. The second-order valence-corrected chi connectivity index (χ2v) is 5.05. The lowest BCUT2D eigenvalue weighted by atomic mass is 10.2. The van der Waals surface area contributed by atoms with E-state index < -0.39 is 0 Å². The van der Waals surface area contributed by atoms with E-state index in [1.165, 1.54) is 0 Å². The molecule has 0 bridgehead atoms. The van der Waals surface area contributed by atoms with Gasteiger partial charge in [-0.05, 0) is 19.3 Å². The van der Waals surface area contributed by atoms with E-state index in [1.807, 2.05) is 0 Å². The maximum atomic E-state index is 11.5. The third kappa shape index (κ3) is 6.57. The van der Waals surface area contributed by atoms with Crippen LogP contribution in [0.15, 0.2) is 0 Å². The highest BCUT2D eigenvalue weighted by Crippen LogP contribution is 2.13. The molecule has 1 heterocycles. The van der Waals surface area contributed by atoms with Gasteiger partial charge in [-0.25, -0.2) is 0 Å². The summed E-state index contributed by atoms with van der Waals surface area (Å²) in [6, 6.07) is 0. The van der Waals surface area contributed by atoms with Crippen molar-refractivity contribution in [3.05, 3.63) is 0 Å². The van der Waals surface area contributed by atoms with Crippen LogP contribution in [0.4, 0.5) is 0 Å². The maximum Gasteiger partial charge on any atom is 0.220 e. The quantitative estimate of drug-likeness (QED) is 0.723. The molecule has 1 rings (SSSR count). The molecule has 1 atom stereocenters. The van der Waals surface area contributed by atoms with Crippen LogP contribution in [-0.4, -0.2) is 49.1 Å². The number of hydrogen-bond acceptors (Lipinski definition) is 3. The van der Waals surface area contributed by atoms with E-state index in [0.29, 0.717) is 26.1 Å². The topological polar surface area (TPSA) is 58.6 Å². The molecule has 1 saturated heterocycles. The molecule has 0 saturated carbocycles. The van der Waals surface area contributed by atoms with E-state index in [9.17, 15) is 9.59 Å². The molecule has 110 valence electrons. The molecular weight excluding hydrogens is 244 g/mol. The van der Waals surface area contributed by atoms with Gasteiger partial charge in [-0.1, -0.05) is 13.3 Å². The molecule has 5 heteroatoms. The summed E-state index contributed by atoms with van der Waals surface area (Å²) in [6.45, 7) is 6.15. The minimum absolute atomic E-state index is 0.0401. The second kappa shape index (κ2) is 8.91. The highest BCUT2D eigenvalue weighted by atomic mass is 16.5. The molecule has 0 spiro atoms. The zero-order valence-electron chi connectivity index (χ0n) is 12.1. The minimum Gasteiger partial charge on any atom is -0.376 e. The summed E-state index contributed by atoms with van der Waals surface area (Å²) in [5.74, 6) is 0.112. The van der Waals surface area contributed by atoms with Gasteiger partial charge < -0.3 is 15.0 Å². The largest absolute Gasteiger partial charge is 0.376 e. The van der Waals surface area contributed by atoms with Crippen LogP contribution in [0.25, 0.3) is 0 Å². The standard InChI is InChI=1S/C14H26N2O3/c1-3-4-7-14(18)15-8-9-16(12(2)17)11-13-6-5-10-19-13/h13H,3-11H2,1-2H3,(H,15,18). The van der Waals surface area contributed by atoms with Crippen molar-refractivity contribution >= 4 is 11.8 Å². The third-order valence-corrected chi connectivity index (χ3v) is 3.35. The number of nitrogens with zero attached hydrogens (tertiary/aromatic N) is 1. The summed E-state index contributed by atoms with van der Waals surface area (Å²) < 4.78 is 5.53. The van der Waals surface area contributed by atoms with Crippen LogP contribution in [0.2, 0.25) is 0 Å². The summed E-state index contributed by atoms with van der Waals surface area (Å²) in [4.78, 5) is 24.8. The summed E-state index contributed by atoms with van der Waals surface area (Å²) in [5, 5.41) is 2.85. The van der Waals surface area contributed by atoms with Crippen molar-refractivity contribution < 1.29 is 14.3 Å². The Hall–Kier alpha value is -1.10. The van der Waals surface area contributed by atoms with E-state index in [0.717, 1.165) is 32.3 Å². The van der Waals surface area contributed by atoms with Gasteiger partial charge in [0.15, 0.2) is 0 Å². The lowest BCUT2D eigenvalue weighted by molar-refractivity contribution is -0.131. The number of unbranched alkanes of at least 4 members (excludes halogenated alkanes) is 1. The van der Waals surface area contributed by atoms with Gasteiger partial charge in [-0.3, -0.25) is 9.59 Å². The van der Waals surface area contributed by atoms with Crippen LogP contribution in [0.5, 0.6) is 0 Å². The number of carbonyl (C=O) groups is 2. The lowest BCUT2D eigenvalue weighted by Crippen LogP contribution is -2.41. The number of amides is 2. The van der Waals surface area contributed by atoms with Gasteiger partial charge in [-0.15, -0.1) is 0 Å². The predicted molar refractivity (Wildman–Crippen MR) is 73.8 cm³/mol. The van der Waals surface area contributed by atoms with Crippen molar-refractivity contribution in [1.29, 1.82) is 0 Å². The van der Waals surface area contributed by atoms with Crippen LogP contribution in [0.1, 0.15) is 46.0 Å². The Morgan fingerprint density at radius 1 is 1.42 bits per heavy atom. The fraction of sp³-hybridized carbons (Fsp3) is 0.857. The predicted octanol–water partition coefficient (Wildman–Crippen LogP) is 1.32. The van der Waals surface area contributed by atoms with Crippen LogP contribution in [0, 0.1) is 0 Å². The van der Waals surface area contributed by atoms with Gasteiger partial charge in [-0.2, -0.15) is 0 Å². The van der Waals surface area contributed by atoms with E-state index >= 15 is 0 Å². The maximum absolute atomic E-state index is 11.5. The Balaban J connectivity index is 2.21. The molecule has 0 radical (unpaired) electrons. The first-order valence-electron chi connectivity index (χ1n) is 7.27. The molecule has 0 aromatic carbocycles. The van der Waals surface area contributed by atoms with Crippen molar-refractivity contribution in [1.82, 2.24) is 10.2 Å². The molecule has 0 aromatic rings. The molecule has 1 unspecified atom stereocenters. The van der Waals surface area contributed by atoms with Gasteiger partial charge in [0.2, 0.25) is 11.8 Å². The highest BCUT2D eigenvalue weighted by molar-refractivity contribution is 5.76. The van der Waals surface area contributed by atoms with Gasteiger partial charge in [0.1, 0.15) is 0 Å². The second-order valence-electron chi connectivity index (χ2n) is 5.05. The van der Waals surface area contributed by atoms with Gasteiger partial charge >= 0.3 is 0 Å². The molecule has 0 aromatic heterocycles. The van der Waals surface area contributed by atoms with Crippen LogP contribution < -0.4 is 5.32 Å². The Kier molecular flexibility index (Phi) is 7.48. The monoisotopic (exact) mass is 270 g/mol. The highest BCUT2D eigenvalue weighted by Gasteiger charge is 2.20. The van der Waals surface area contributed by atoms with E-state index in [2.05, 4.69) is 12.2 Å². The van der Waals surface area contributed by atoms with Crippen LogP contribution in [-0.2, 0) is 14.3 Å². The molecule has 0 aliphatic carbocycles. The van der Waals surface area contributed by atoms with Crippen molar-refractivity contribution in [3.8, 4) is 0 Å². The van der Waals surface area contributed by atoms with Crippen molar-refractivity contribution in [2.24, 2.45) is 0 Å². The minimum atomic E-state index is 0.0401. The SMILES string of the molecule is CCCCC(=O)NCCN(CC1CCCO1)C(C)=O. The summed E-state index contributed by atoms with van der Waals surface area (Å²) in [7, 11) is 0. The van der Waals surface area contributed by atoms with E-state index in [4.69, 9.17) is 4.74 Å². The number of hydrogen-bond donors (Lipinski definition) is 1.